The van der Waals surface area contributed by atoms with Crippen LogP contribution in [-0.2, 0) is 23.7 Å². The average Bonchev–Trinajstić information content (AvgIpc) is 2.73. The molecule has 0 saturated heterocycles. The standard InChI is InChI=1S/C23H28F2N2O2.ClH/c1-2-3-13-29-21-10-6-9-20(14-21)23(24,25)17-26-15-22(28)27-12-11-18-7-4-5-8-19(18)16-27;/h4-10,14,26H,2-3,11-13,15-17H2,1H3;1H. The minimum Gasteiger partial charge on any atom is -0.494 e. The van der Waals surface area contributed by atoms with Gasteiger partial charge in [-0.25, -0.2) is 0 Å². The number of hydrogen-bond acceptors (Lipinski definition) is 3. The van der Waals surface area contributed by atoms with Crippen LogP contribution in [0.3, 0.4) is 0 Å². The van der Waals surface area contributed by atoms with Crippen molar-refractivity contribution in [3.8, 4) is 5.75 Å². The van der Waals surface area contributed by atoms with Crippen molar-refractivity contribution in [3.63, 3.8) is 0 Å². The molecule has 0 fully saturated rings. The zero-order valence-corrected chi connectivity index (χ0v) is 18.0. The van der Waals surface area contributed by atoms with Crippen LogP contribution in [0, 0.1) is 0 Å². The summed E-state index contributed by atoms with van der Waals surface area (Å²) in [4.78, 5) is 14.1. The molecule has 0 radical (unpaired) electrons. The minimum absolute atomic E-state index is 0. The smallest absolute Gasteiger partial charge is 0.285 e. The number of amides is 1. The quantitative estimate of drug-likeness (QED) is 0.584. The van der Waals surface area contributed by atoms with E-state index >= 15 is 0 Å². The van der Waals surface area contributed by atoms with Crippen LogP contribution in [0.25, 0.3) is 0 Å². The second kappa shape index (κ2) is 11.3. The number of fused-ring (bicyclic) bond motifs is 1. The molecule has 1 aliphatic rings. The van der Waals surface area contributed by atoms with Crippen molar-refractivity contribution in [3.05, 3.63) is 65.2 Å². The van der Waals surface area contributed by atoms with Gasteiger partial charge in [0.2, 0.25) is 5.91 Å². The molecule has 164 valence electrons. The van der Waals surface area contributed by atoms with Crippen LogP contribution in [0.2, 0.25) is 0 Å². The lowest BCUT2D eigenvalue weighted by atomic mass is 10.00. The Morgan fingerprint density at radius 3 is 2.70 bits per heavy atom. The Morgan fingerprint density at radius 1 is 1.17 bits per heavy atom. The van der Waals surface area contributed by atoms with Crippen molar-refractivity contribution in [2.24, 2.45) is 0 Å². The molecule has 3 rings (SSSR count). The van der Waals surface area contributed by atoms with Crippen LogP contribution in [0.15, 0.2) is 48.5 Å². The summed E-state index contributed by atoms with van der Waals surface area (Å²) < 4.78 is 34.7. The highest BCUT2D eigenvalue weighted by Crippen LogP contribution is 2.29. The van der Waals surface area contributed by atoms with E-state index in [1.54, 1.807) is 17.0 Å². The monoisotopic (exact) mass is 438 g/mol. The number of rotatable bonds is 9. The molecule has 0 aliphatic carbocycles. The lowest BCUT2D eigenvalue weighted by Gasteiger charge is -2.29. The van der Waals surface area contributed by atoms with Gasteiger partial charge in [0.25, 0.3) is 5.92 Å². The van der Waals surface area contributed by atoms with Crippen LogP contribution in [-0.4, -0.2) is 37.0 Å². The number of alkyl halides is 2. The molecule has 1 N–H and O–H groups in total. The predicted octanol–water partition coefficient (Wildman–Crippen LogP) is 4.55. The summed E-state index contributed by atoms with van der Waals surface area (Å²) in [7, 11) is 0. The molecule has 1 aliphatic heterocycles. The van der Waals surface area contributed by atoms with Crippen molar-refractivity contribution >= 4 is 18.3 Å². The molecule has 0 saturated carbocycles. The average molecular weight is 439 g/mol. The lowest BCUT2D eigenvalue weighted by Crippen LogP contribution is -2.43. The molecule has 0 aromatic heterocycles. The summed E-state index contributed by atoms with van der Waals surface area (Å²) >= 11 is 0. The fourth-order valence-electron chi connectivity index (χ4n) is 3.40. The van der Waals surface area contributed by atoms with Crippen molar-refractivity contribution in [2.75, 3.05) is 26.2 Å². The van der Waals surface area contributed by atoms with E-state index in [0.717, 1.165) is 24.8 Å². The highest BCUT2D eigenvalue weighted by molar-refractivity contribution is 5.85. The third kappa shape index (κ3) is 6.41. The van der Waals surface area contributed by atoms with Crippen LogP contribution in [0.5, 0.6) is 5.75 Å². The van der Waals surface area contributed by atoms with Crippen molar-refractivity contribution in [1.82, 2.24) is 10.2 Å². The van der Waals surface area contributed by atoms with Crippen LogP contribution in [0.1, 0.15) is 36.5 Å². The number of hydrogen-bond donors (Lipinski definition) is 1. The Bertz CT molecular complexity index is 832. The number of carbonyl (C=O) groups is 1. The Morgan fingerprint density at radius 2 is 1.93 bits per heavy atom. The van der Waals surface area contributed by atoms with Gasteiger partial charge in [-0.05, 0) is 36.1 Å². The number of nitrogens with one attached hydrogen (secondary N) is 1. The Hall–Kier alpha value is -2.18. The number of carbonyl (C=O) groups excluding carboxylic acids is 1. The molecule has 0 unspecified atom stereocenters. The molecule has 0 bridgehead atoms. The van der Waals surface area contributed by atoms with Gasteiger partial charge in [0.1, 0.15) is 5.75 Å². The van der Waals surface area contributed by atoms with E-state index in [1.807, 2.05) is 25.1 Å². The summed E-state index contributed by atoms with van der Waals surface area (Å²) in [5.41, 5.74) is 2.26. The number of unbranched alkanes of at least 4 members (excludes halogenated alkanes) is 1. The first-order valence-corrected chi connectivity index (χ1v) is 10.2. The topological polar surface area (TPSA) is 41.6 Å². The van der Waals surface area contributed by atoms with Gasteiger partial charge in [-0.2, -0.15) is 8.78 Å². The summed E-state index contributed by atoms with van der Waals surface area (Å²) in [6, 6.07) is 14.0. The molecular formula is C23H29ClF2N2O2. The zero-order valence-electron chi connectivity index (χ0n) is 17.2. The zero-order chi connectivity index (χ0) is 20.7. The Balaban J connectivity index is 0.00000320. The highest BCUT2D eigenvalue weighted by Gasteiger charge is 2.32. The molecule has 1 amide bonds. The maximum Gasteiger partial charge on any atom is 0.285 e. The summed E-state index contributed by atoms with van der Waals surface area (Å²) in [6.07, 6.45) is 2.66. The third-order valence-electron chi connectivity index (χ3n) is 5.13. The SMILES string of the molecule is CCCCOc1cccc(C(F)(F)CNCC(=O)N2CCc3ccccc3C2)c1.Cl. The number of nitrogens with zero attached hydrogens (tertiary/aromatic N) is 1. The van der Waals surface area contributed by atoms with Gasteiger partial charge in [-0.15, -0.1) is 12.4 Å². The molecular weight excluding hydrogens is 410 g/mol. The Kier molecular flexibility index (Phi) is 9.06. The van der Waals surface area contributed by atoms with Gasteiger partial charge in [-0.3, -0.25) is 4.79 Å². The predicted molar refractivity (Wildman–Crippen MR) is 116 cm³/mol. The van der Waals surface area contributed by atoms with E-state index in [2.05, 4.69) is 11.4 Å². The van der Waals surface area contributed by atoms with E-state index in [4.69, 9.17) is 4.74 Å². The number of benzene rings is 2. The normalized spacial score (nSPS) is 13.4. The summed E-state index contributed by atoms with van der Waals surface area (Å²) in [6.45, 7) is 3.00. The third-order valence-corrected chi connectivity index (χ3v) is 5.13. The molecule has 0 atom stereocenters. The highest BCUT2D eigenvalue weighted by atomic mass is 35.5. The maximum absolute atomic E-state index is 14.6. The van der Waals surface area contributed by atoms with E-state index < -0.39 is 12.5 Å². The first-order chi connectivity index (χ1) is 14.0. The van der Waals surface area contributed by atoms with E-state index in [9.17, 15) is 13.6 Å². The summed E-state index contributed by atoms with van der Waals surface area (Å²) in [5, 5.41) is 2.63. The molecule has 0 spiro atoms. The lowest BCUT2D eigenvalue weighted by molar-refractivity contribution is -0.131. The second-order valence-electron chi connectivity index (χ2n) is 7.37. The van der Waals surface area contributed by atoms with Crippen LogP contribution in [0.4, 0.5) is 8.78 Å². The summed E-state index contributed by atoms with van der Waals surface area (Å²) in [5.74, 6) is -2.80. The van der Waals surface area contributed by atoms with Gasteiger partial charge >= 0.3 is 0 Å². The molecule has 30 heavy (non-hydrogen) atoms. The largest absolute Gasteiger partial charge is 0.494 e. The number of ether oxygens (including phenoxy) is 1. The first-order valence-electron chi connectivity index (χ1n) is 10.2. The van der Waals surface area contributed by atoms with E-state index in [1.165, 1.54) is 17.7 Å². The van der Waals surface area contributed by atoms with Crippen molar-refractivity contribution < 1.29 is 18.3 Å². The van der Waals surface area contributed by atoms with Crippen molar-refractivity contribution in [1.29, 1.82) is 0 Å². The molecule has 7 heteroatoms. The fraction of sp³-hybridized carbons (Fsp3) is 0.435. The minimum atomic E-state index is -3.08. The number of halogens is 3. The van der Waals surface area contributed by atoms with Gasteiger partial charge in [-0.1, -0.05) is 49.7 Å². The van der Waals surface area contributed by atoms with Gasteiger partial charge < -0.3 is 15.0 Å². The van der Waals surface area contributed by atoms with Gasteiger partial charge in [0.05, 0.1) is 19.7 Å². The first kappa shape index (κ1) is 24.1. The molecule has 4 nitrogen and oxygen atoms in total. The van der Waals surface area contributed by atoms with Gasteiger partial charge in [0, 0.05) is 18.7 Å². The Labute approximate surface area is 183 Å². The van der Waals surface area contributed by atoms with Crippen LogP contribution >= 0.6 is 12.4 Å². The van der Waals surface area contributed by atoms with Crippen LogP contribution < -0.4 is 10.1 Å². The second-order valence-corrected chi connectivity index (χ2v) is 7.37. The maximum atomic E-state index is 14.6. The van der Waals surface area contributed by atoms with Gasteiger partial charge in [0.15, 0.2) is 0 Å². The molecule has 1 heterocycles. The fourth-order valence-corrected chi connectivity index (χ4v) is 3.40. The van der Waals surface area contributed by atoms with E-state index in [-0.39, 0.29) is 30.4 Å². The molecule has 2 aromatic rings. The molecule has 2 aromatic carbocycles. The van der Waals surface area contributed by atoms with Crippen molar-refractivity contribution in [2.45, 2.75) is 38.7 Å². The van der Waals surface area contributed by atoms with E-state index in [0.29, 0.717) is 25.4 Å².